The van der Waals surface area contributed by atoms with Gasteiger partial charge in [-0.2, -0.15) is 0 Å². The first-order valence-electron chi connectivity index (χ1n) is 3.92. The van der Waals surface area contributed by atoms with Gasteiger partial charge >= 0.3 is 0 Å². The van der Waals surface area contributed by atoms with E-state index in [1.165, 1.54) is 0 Å². The number of nitrogens with zero attached hydrogens (tertiary/aromatic N) is 2. The maximum atomic E-state index is 5.22. The van der Waals surface area contributed by atoms with Crippen molar-refractivity contribution >= 4 is 11.8 Å². The highest BCUT2D eigenvalue weighted by molar-refractivity contribution is 6.18. The zero-order valence-corrected chi connectivity index (χ0v) is 6.75. The quantitative estimate of drug-likeness (QED) is 0.596. The second-order valence-electron chi connectivity index (χ2n) is 2.55. The number of hydrogen-bond donors (Lipinski definition) is 0. The topological polar surface area (TPSA) is 43.2 Å². The lowest BCUT2D eigenvalue weighted by molar-refractivity contribution is 0.336. The van der Waals surface area contributed by atoms with E-state index < -0.39 is 0 Å². The predicted octanol–water partition coefficient (Wildman–Crippen LogP) is 0.400. The molecule has 0 spiro atoms. The zero-order valence-electron chi connectivity index (χ0n) is 6.75. The van der Waals surface area contributed by atoms with E-state index in [1.807, 2.05) is 0 Å². The summed E-state index contributed by atoms with van der Waals surface area (Å²) in [6.07, 6.45) is 0. The molecule has 0 saturated heterocycles. The number of ether oxygens (including phenoxy) is 2. The van der Waals surface area contributed by atoms with Crippen LogP contribution in [0.1, 0.15) is 0 Å². The van der Waals surface area contributed by atoms with E-state index in [1.54, 1.807) is 0 Å². The van der Waals surface area contributed by atoms with Crippen LogP contribution >= 0.6 is 0 Å². The second-order valence-corrected chi connectivity index (χ2v) is 2.55. The van der Waals surface area contributed by atoms with Crippen LogP contribution < -0.4 is 0 Å². The molecule has 0 amide bonds. The third-order valence-electron chi connectivity index (χ3n) is 1.69. The molecule has 0 fully saturated rings. The highest BCUT2D eigenvalue weighted by atomic mass is 16.5. The molecular formula is C8H10N2O2. The molecule has 4 heteroatoms. The van der Waals surface area contributed by atoms with Crippen molar-refractivity contribution in [1.29, 1.82) is 0 Å². The monoisotopic (exact) mass is 166 g/mol. The summed E-state index contributed by atoms with van der Waals surface area (Å²) in [4.78, 5) is 8.23. The van der Waals surface area contributed by atoms with Crippen LogP contribution in [0.5, 0.6) is 0 Å². The molecule has 2 aliphatic heterocycles. The van der Waals surface area contributed by atoms with E-state index in [0.29, 0.717) is 43.7 Å². The molecule has 0 bridgehead atoms. The van der Waals surface area contributed by atoms with Gasteiger partial charge in [0.15, 0.2) is 0 Å². The number of aliphatic imine (C=N–C) groups is 2. The summed E-state index contributed by atoms with van der Waals surface area (Å²) in [5.41, 5.74) is 0.671. The Balaban J connectivity index is 2.08. The summed E-state index contributed by atoms with van der Waals surface area (Å²) in [7, 11) is 0. The Morgan fingerprint density at radius 3 is 1.92 bits per heavy atom. The van der Waals surface area contributed by atoms with Crippen molar-refractivity contribution in [3.8, 4) is 0 Å². The van der Waals surface area contributed by atoms with E-state index in [2.05, 4.69) is 16.6 Å². The van der Waals surface area contributed by atoms with Gasteiger partial charge in [-0.05, 0) is 0 Å². The van der Waals surface area contributed by atoms with Crippen LogP contribution in [0.15, 0.2) is 22.1 Å². The van der Waals surface area contributed by atoms with Crippen LogP contribution in [0.4, 0.5) is 0 Å². The van der Waals surface area contributed by atoms with Gasteiger partial charge in [-0.25, -0.2) is 9.98 Å². The molecule has 0 unspecified atom stereocenters. The zero-order chi connectivity index (χ0) is 8.39. The summed E-state index contributed by atoms with van der Waals surface area (Å²) in [6, 6.07) is 0. The van der Waals surface area contributed by atoms with E-state index in [4.69, 9.17) is 9.47 Å². The fourth-order valence-corrected chi connectivity index (χ4v) is 1.13. The molecule has 2 aliphatic rings. The van der Waals surface area contributed by atoms with Gasteiger partial charge in [0.1, 0.15) is 13.2 Å². The first kappa shape index (κ1) is 7.34. The predicted molar refractivity (Wildman–Crippen MR) is 45.6 cm³/mol. The number of rotatable bonds is 2. The molecule has 12 heavy (non-hydrogen) atoms. The Hall–Kier alpha value is -1.32. The van der Waals surface area contributed by atoms with Crippen LogP contribution in [-0.4, -0.2) is 38.1 Å². The minimum atomic E-state index is 0.579. The SMILES string of the molecule is C=C(C1=NCCO1)C1=NCCO1. The van der Waals surface area contributed by atoms with Crippen LogP contribution in [0, 0.1) is 0 Å². The van der Waals surface area contributed by atoms with Crippen molar-refractivity contribution in [1.82, 2.24) is 0 Å². The van der Waals surface area contributed by atoms with Crippen molar-refractivity contribution in [2.24, 2.45) is 9.98 Å². The molecule has 0 radical (unpaired) electrons. The molecule has 2 heterocycles. The Morgan fingerprint density at radius 1 is 1.08 bits per heavy atom. The molecule has 4 nitrogen and oxygen atoms in total. The molecule has 0 aliphatic carbocycles. The van der Waals surface area contributed by atoms with Crippen LogP contribution in [0.2, 0.25) is 0 Å². The van der Waals surface area contributed by atoms with Crippen LogP contribution in [-0.2, 0) is 9.47 Å². The summed E-state index contributed by atoms with van der Waals surface area (Å²) >= 11 is 0. The third-order valence-corrected chi connectivity index (χ3v) is 1.69. The normalized spacial score (nSPS) is 21.0. The Labute approximate surface area is 70.6 Å². The van der Waals surface area contributed by atoms with Gasteiger partial charge in [0.2, 0.25) is 11.8 Å². The van der Waals surface area contributed by atoms with E-state index >= 15 is 0 Å². The molecular weight excluding hydrogens is 156 g/mol. The van der Waals surface area contributed by atoms with E-state index in [-0.39, 0.29) is 0 Å². The van der Waals surface area contributed by atoms with Gasteiger partial charge in [-0.15, -0.1) is 0 Å². The Kier molecular flexibility index (Phi) is 1.81. The molecule has 0 N–H and O–H groups in total. The van der Waals surface area contributed by atoms with Crippen molar-refractivity contribution in [3.05, 3.63) is 12.2 Å². The Bertz CT molecular complexity index is 242. The van der Waals surface area contributed by atoms with Gasteiger partial charge in [0, 0.05) is 0 Å². The standard InChI is InChI=1S/C8H10N2O2/c1-6(7-9-2-4-11-7)8-10-3-5-12-8/h1-5H2. The Morgan fingerprint density at radius 2 is 1.58 bits per heavy atom. The maximum Gasteiger partial charge on any atom is 0.221 e. The van der Waals surface area contributed by atoms with Crippen molar-refractivity contribution in [2.75, 3.05) is 26.3 Å². The lowest BCUT2D eigenvalue weighted by Gasteiger charge is -2.04. The lowest BCUT2D eigenvalue weighted by Crippen LogP contribution is -2.12. The van der Waals surface area contributed by atoms with Gasteiger partial charge < -0.3 is 9.47 Å². The average molecular weight is 166 g/mol. The highest BCUT2D eigenvalue weighted by Gasteiger charge is 2.19. The maximum absolute atomic E-state index is 5.22. The lowest BCUT2D eigenvalue weighted by atomic mass is 10.3. The molecule has 0 aromatic heterocycles. The largest absolute Gasteiger partial charge is 0.475 e. The molecule has 0 aromatic carbocycles. The first-order chi connectivity index (χ1) is 5.88. The minimum Gasteiger partial charge on any atom is -0.475 e. The highest BCUT2D eigenvalue weighted by Crippen LogP contribution is 2.09. The first-order valence-corrected chi connectivity index (χ1v) is 3.92. The minimum absolute atomic E-state index is 0.579. The second kappa shape index (κ2) is 2.97. The van der Waals surface area contributed by atoms with Crippen molar-refractivity contribution < 1.29 is 9.47 Å². The smallest absolute Gasteiger partial charge is 0.221 e. The van der Waals surface area contributed by atoms with Gasteiger partial charge in [0.25, 0.3) is 0 Å². The molecule has 0 atom stereocenters. The van der Waals surface area contributed by atoms with E-state index in [0.717, 1.165) is 0 Å². The van der Waals surface area contributed by atoms with Gasteiger partial charge in [0.05, 0.1) is 18.7 Å². The van der Waals surface area contributed by atoms with Crippen molar-refractivity contribution in [2.45, 2.75) is 0 Å². The molecule has 0 aromatic rings. The summed E-state index contributed by atoms with van der Waals surface area (Å²) in [5.74, 6) is 1.16. The molecule has 0 saturated carbocycles. The van der Waals surface area contributed by atoms with Gasteiger partial charge in [-0.3, -0.25) is 0 Å². The fraction of sp³-hybridized carbons (Fsp3) is 0.500. The number of hydrogen-bond acceptors (Lipinski definition) is 4. The third kappa shape index (κ3) is 1.20. The molecule has 2 rings (SSSR count). The molecule has 64 valence electrons. The summed E-state index contributed by atoms with van der Waals surface area (Å²) < 4.78 is 10.4. The fourth-order valence-electron chi connectivity index (χ4n) is 1.13. The summed E-state index contributed by atoms with van der Waals surface area (Å²) in [6.45, 7) is 6.51. The average Bonchev–Trinajstić information content (AvgIpc) is 2.77. The van der Waals surface area contributed by atoms with Gasteiger partial charge in [-0.1, -0.05) is 6.58 Å². The van der Waals surface area contributed by atoms with Crippen LogP contribution in [0.3, 0.4) is 0 Å². The van der Waals surface area contributed by atoms with Crippen molar-refractivity contribution in [3.63, 3.8) is 0 Å². The van der Waals surface area contributed by atoms with E-state index in [9.17, 15) is 0 Å². The summed E-state index contributed by atoms with van der Waals surface area (Å²) in [5, 5.41) is 0. The van der Waals surface area contributed by atoms with Crippen LogP contribution in [0.25, 0.3) is 0 Å².